The average Bonchev–Trinajstić information content (AvgIpc) is 2.67. The Balaban J connectivity index is 0.000000167. The van der Waals surface area contributed by atoms with Crippen molar-refractivity contribution in [2.24, 2.45) is 0 Å². The van der Waals surface area contributed by atoms with Crippen molar-refractivity contribution in [1.29, 1.82) is 0 Å². The molecule has 0 aromatic carbocycles. The highest BCUT2D eigenvalue weighted by atomic mass is 15.1. The van der Waals surface area contributed by atoms with Gasteiger partial charge in [0.15, 0.2) is 0 Å². The Hall–Kier alpha value is -1.62. The summed E-state index contributed by atoms with van der Waals surface area (Å²) < 4.78 is 0. The molecule has 0 unspecified atom stereocenters. The lowest BCUT2D eigenvalue weighted by Crippen LogP contribution is -1.53. The van der Waals surface area contributed by atoms with E-state index in [1.165, 1.54) is 0 Å². The number of hydrogen-bond donors (Lipinski definition) is 3. The molecule has 2 aromatic heterocycles. The summed E-state index contributed by atoms with van der Waals surface area (Å²) in [6, 6.07) is 1.83. The molecule has 0 saturated heterocycles. The van der Waals surface area contributed by atoms with E-state index < -0.39 is 0 Å². The number of H-pyrrole nitrogens is 2. The molecule has 2 heterocycles. The predicted octanol–water partition coefficient (Wildman–Crippen LogP) is 0.981. The molecule has 5 nitrogen and oxygen atoms in total. The van der Waals surface area contributed by atoms with Crippen molar-refractivity contribution in [2.75, 3.05) is 0 Å². The lowest BCUT2D eigenvalue weighted by Gasteiger charge is -1.49. The number of aromatic nitrogens is 4. The first-order valence-electron chi connectivity index (χ1n) is 2.86. The van der Waals surface area contributed by atoms with Crippen LogP contribution in [0.3, 0.4) is 0 Å². The maximum Gasteiger partial charge on any atom is 0.0919 e. The van der Waals surface area contributed by atoms with E-state index in [0.29, 0.717) is 0 Å². The summed E-state index contributed by atoms with van der Waals surface area (Å²) in [7, 11) is 0. The van der Waals surface area contributed by atoms with Crippen molar-refractivity contribution >= 4 is 0 Å². The molecule has 0 amide bonds. The van der Waals surface area contributed by atoms with Gasteiger partial charge in [-0.25, -0.2) is 4.98 Å². The predicted molar refractivity (Wildman–Crippen MR) is 42.2 cm³/mol. The summed E-state index contributed by atoms with van der Waals surface area (Å²) in [5.74, 6) is 0. The molecule has 0 spiro atoms. The highest BCUT2D eigenvalue weighted by molar-refractivity contribution is 4.72. The molecule has 5 N–H and O–H groups in total. The molecule has 60 valence electrons. The van der Waals surface area contributed by atoms with Crippen molar-refractivity contribution < 1.29 is 0 Å². The third kappa shape index (κ3) is 4.86. The Labute approximate surface area is 64.5 Å². The minimum atomic E-state index is 0. The quantitative estimate of drug-likeness (QED) is 0.526. The van der Waals surface area contributed by atoms with Crippen LogP contribution >= 0.6 is 0 Å². The molecule has 11 heavy (non-hydrogen) atoms. The van der Waals surface area contributed by atoms with E-state index in [-0.39, 0.29) is 6.15 Å². The van der Waals surface area contributed by atoms with Gasteiger partial charge in [-0.05, 0) is 6.07 Å². The zero-order chi connectivity index (χ0) is 7.07. The van der Waals surface area contributed by atoms with Gasteiger partial charge in [-0.1, -0.05) is 0 Å². The van der Waals surface area contributed by atoms with E-state index >= 15 is 0 Å². The summed E-state index contributed by atoms with van der Waals surface area (Å²) in [6.45, 7) is 0. The Morgan fingerprint density at radius 1 is 1.09 bits per heavy atom. The van der Waals surface area contributed by atoms with Gasteiger partial charge in [-0.15, -0.1) is 0 Å². The molecule has 0 radical (unpaired) electrons. The fraction of sp³-hybridized carbons (Fsp3) is 0. The fourth-order valence-corrected chi connectivity index (χ4v) is 0.430. The highest BCUT2D eigenvalue weighted by Crippen LogP contribution is 1.64. The van der Waals surface area contributed by atoms with E-state index in [9.17, 15) is 0 Å². The smallest absolute Gasteiger partial charge is 0.0919 e. The Morgan fingerprint density at radius 2 is 2.00 bits per heavy atom. The first-order chi connectivity index (χ1) is 5.00. The van der Waals surface area contributed by atoms with Crippen LogP contribution in [-0.2, 0) is 0 Å². The molecule has 0 aliphatic heterocycles. The molecular weight excluding hydrogens is 142 g/mol. The third-order valence-corrected chi connectivity index (χ3v) is 0.812. The van der Waals surface area contributed by atoms with Gasteiger partial charge in [0, 0.05) is 24.8 Å². The number of nitrogens with one attached hydrogen (secondary N) is 2. The molecule has 0 fully saturated rings. The van der Waals surface area contributed by atoms with Gasteiger partial charge in [0.1, 0.15) is 0 Å². The Morgan fingerprint density at radius 3 is 2.18 bits per heavy atom. The Bertz CT molecular complexity index is 150. The lowest BCUT2D eigenvalue weighted by atomic mass is 10.8. The van der Waals surface area contributed by atoms with E-state index in [0.717, 1.165) is 0 Å². The van der Waals surface area contributed by atoms with Crippen LogP contribution in [0.1, 0.15) is 0 Å². The second-order valence-electron chi connectivity index (χ2n) is 1.53. The topological polar surface area (TPSA) is 92.4 Å². The number of rotatable bonds is 0. The van der Waals surface area contributed by atoms with E-state index in [1.807, 2.05) is 6.07 Å². The summed E-state index contributed by atoms with van der Waals surface area (Å²) in [4.78, 5) is 6.42. The van der Waals surface area contributed by atoms with Crippen molar-refractivity contribution in [3.63, 3.8) is 0 Å². The van der Waals surface area contributed by atoms with Gasteiger partial charge < -0.3 is 11.1 Å². The van der Waals surface area contributed by atoms with E-state index in [1.54, 1.807) is 31.1 Å². The van der Waals surface area contributed by atoms with Gasteiger partial charge in [0.05, 0.1) is 6.33 Å². The van der Waals surface area contributed by atoms with Crippen molar-refractivity contribution in [1.82, 2.24) is 26.3 Å². The van der Waals surface area contributed by atoms with Crippen LogP contribution < -0.4 is 6.15 Å². The van der Waals surface area contributed by atoms with Crippen LogP contribution in [0.2, 0.25) is 0 Å². The molecular formula is C6H11N5. The van der Waals surface area contributed by atoms with Gasteiger partial charge in [0.2, 0.25) is 0 Å². The summed E-state index contributed by atoms with van der Waals surface area (Å²) in [5.41, 5.74) is 0. The van der Waals surface area contributed by atoms with Gasteiger partial charge in [-0.2, -0.15) is 5.10 Å². The fourth-order valence-electron chi connectivity index (χ4n) is 0.430. The molecule has 0 aliphatic rings. The highest BCUT2D eigenvalue weighted by Gasteiger charge is 1.57. The van der Waals surface area contributed by atoms with Crippen LogP contribution in [0.5, 0.6) is 0 Å². The van der Waals surface area contributed by atoms with Gasteiger partial charge >= 0.3 is 0 Å². The van der Waals surface area contributed by atoms with Crippen molar-refractivity contribution in [3.05, 3.63) is 37.2 Å². The summed E-state index contributed by atoms with van der Waals surface area (Å²) in [6.07, 6.45) is 8.54. The van der Waals surface area contributed by atoms with E-state index in [4.69, 9.17) is 0 Å². The molecule has 0 saturated carbocycles. The maximum absolute atomic E-state index is 3.67. The van der Waals surface area contributed by atoms with Crippen LogP contribution in [0.25, 0.3) is 0 Å². The minimum absolute atomic E-state index is 0. The largest absolute Gasteiger partial charge is 0.351 e. The van der Waals surface area contributed by atoms with Crippen molar-refractivity contribution in [3.8, 4) is 0 Å². The molecule has 0 aliphatic carbocycles. The number of hydrogen-bond acceptors (Lipinski definition) is 3. The first kappa shape index (κ1) is 9.38. The Kier molecular flexibility index (Phi) is 5.54. The molecule has 2 rings (SSSR count). The number of imidazole rings is 1. The van der Waals surface area contributed by atoms with Crippen LogP contribution in [0.4, 0.5) is 0 Å². The zero-order valence-corrected chi connectivity index (χ0v) is 6.07. The minimum Gasteiger partial charge on any atom is -0.351 e. The van der Waals surface area contributed by atoms with Crippen LogP contribution in [0, 0.1) is 0 Å². The number of aromatic amines is 2. The summed E-state index contributed by atoms with van der Waals surface area (Å²) in [5, 5.41) is 6.21. The van der Waals surface area contributed by atoms with Crippen LogP contribution in [-0.4, -0.2) is 20.2 Å². The standard InChI is InChI=1S/2C3H4N2.H3N/c1-2-5-3-4-1;1-2-4-5-3-1;/h2*1-3H,(H,4,5);1H3. The maximum atomic E-state index is 3.67. The van der Waals surface area contributed by atoms with Gasteiger partial charge in [-0.3, -0.25) is 5.10 Å². The normalized spacial score (nSPS) is 7.27. The number of nitrogens with zero attached hydrogens (tertiary/aromatic N) is 2. The van der Waals surface area contributed by atoms with Gasteiger partial charge in [0.25, 0.3) is 0 Å². The molecule has 0 bridgehead atoms. The van der Waals surface area contributed by atoms with Crippen LogP contribution in [0.15, 0.2) is 37.2 Å². The molecule has 0 atom stereocenters. The zero-order valence-electron chi connectivity index (χ0n) is 6.07. The molecule has 5 heteroatoms. The lowest BCUT2D eigenvalue weighted by molar-refractivity contribution is 1.09. The van der Waals surface area contributed by atoms with Crippen molar-refractivity contribution in [2.45, 2.75) is 0 Å². The first-order valence-corrected chi connectivity index (χ1v) is 2.86. The summed E-state index contributed by atoms with van der Waals surface area (Å²) >= 11 is 0. The molecule has 2 aromatic rings. The van der Waals surface area contributed by atoms with E-state index in [2.05, 4.69) is 20.2 Å². The second-order valence-corrected chi connectivity index (χ2v) is 1.53. The average molecular weight is 153 g/mol. The SMILES string of the molecule is N.c1c[nH]cn1.c1cn[nH]c1. The third-order valence-electron chi connectivity index (χ3n) is 0.812. The second kappa shape index (κ2) is 6.50. The monoisotopic (exact) mass is 153 g/mol.